The Morgan fingerprint density at radius 1 is 1.22 bits per heavy atom. The summed E-state index contributed by atoms with van der Waals surface area (Å²) >= 11 is 0. The minimum Gasteiger partial charge on any atom is -0.365 e. The van der Waals surface area contributed by atoms with Crippen molar-refractivity contribution in [3.05, 3.63) is 35.9 Å². The summed E-state index contributed by atoms with van der Waals surface area (Å²) in [5, 5.41) is 0. The van der Waals surface area contributed by atoms with E-state index >= 15 is 0 Å². The topological polar surface area (TPSA) is 29.5 Å². The van der Waals surface area contributed by atoms with Crippen LogP contribution in [0.25, 0.3) is 0 Å². The molecule has 0 spiro atoms. The molecular weight excluding hydrogens is 286 g/mol. The van der Waals surface area contributed by atoms with Gasteiger partial charge in [0, 0.05) is 18.5 Å². The van der Waals surface area contributed by atoms with Gasteiger partial charge in [0.25, 0.3) is 5.91 Å². The molecule has 0 aliphatic carbocycles. The molecule has 2 heterocycles. The van der Waals surface area contributed by atoms with Gasteiger partial charge < -0.3 is 9.64 Å². The molecule has 3 nitrogen and oxygen atoms in total. The zero-order chi connectivity index (χ0) is 16.2. The number of hydrogen-bond acceptors (Lipinski definition) is 2. The average Bonchev–Trinajstić information content (AvgIpc) is 3.25. The number of nitrogens with zero attached hydrogens (tertiary/aromatic N) is 1. The standard InChI is InChI=1S/C20H29NO2/c1-3-16-12-13-19(23-16)20(22)21-14-8-11-18(21)17(4-2)15-9-6-5-7-10-15/h5-7,9-10,16-19H,3-4,8,11-14H2,1-2H3/t16-,17+,18+,19-/m1/s1. The Morgan fingerprint density at radius 3 is 2.65 bits per heavy atom. The molecule has 0 bridgehead atoms. The molecule has 2 aliphatic heterocycles. The molecule has 0 aromatic heterocycles. The number of ether oxygens (including phenoxy) is 1. The van der Waals surface area contributed by atoms with Crippen LogP contribution in [0.1, 0.15) is 63.9 Å². The van der Waals surface area contributed by atoms with E-state index in [4.69, 9.17) is 4.74 Å². The van der Waals surface area contributed by atoms with E-state index < -0.39 is 0 Å². The van der Waals surface area contributed by atoms with E-state index in [1.165, 1.54) is 5.56 Å². The SMILES string of the molecule is CC[C@@H]1CC[C@H](C(=O)N2CCC[C@H]2[C@@H](CC)c2ccccc2)O1. The number of carbonyl (C=O) groups is 1. The molecule has 3 rings (SSSR count). The van der Waals surface area contributed by atoms with Gasteiger partial charge >= 0.3 is 0 Å². The van der Waals surface area contributed by atoms with Gasteiger partial charge in [-0.15, -0.1) is 0 Å². The first-order chi connectivity index (χ1) is 11.2. The second-order valence-corrected chi connectivity index (χ2v) is 6.90. The number of hydrogen-bond donors (Lipinski definition) is 0. The van der Waals surface area contributed by atoms with Crippen LogP contribution in [0.15, 0.2) is 30.3 Å². The second-order valence-electron chi connectivity index (χ2n) is 6.90. The van der Waals surface area contributed by atoms with Crippen LogP contribution in [0.5, 0.6) is 0 Å². The van der Waals surface area contributed by atoms with Gasteiger partial charge in [0.2, 0.25) is 0 Å². The number of amides is 1. The highest BCUT2D eigenvalue weighted by atomic mass is 16.5. The third kappa shape index (κ3) is 3.45. The number of likely N-dealkylation sites (tertiary alicyclic amines) is 1. The Morgan fingerprint density at radius 2 is 2.00 bits per heavy atom. The largest absolute Gasteiger partial charge is 0.365 e. The van der Waals surface area contributed by atoms with Crippen LogP contribution in [0.2, 0.25) is 0 Å². The lowest BCUT2D eigenvalue weighted by atomic mass is 9.87. The average molecular weight is 315 g/mol. The summed E-state index contributed by atoms with van der Waals surface area (Å²) in [6.07, 6.45) is 6.31. The van der Waals surface area contributed by atoms with Gasteiger partial charge in [0.05, 0.1) is 6.10 Å². The minimum absolute atomic E-state index is 0.200. The third-order valence-electron chi connectivity index (χ3n) is 5.55. The first kappa shape index (κ1) is 16.5. The molecular formula is C20H29NO2. The zero-order valence-corrected chi connectivity index (χ0v) is 14.4. The lowest BCUT2D eigenvalue weighted by Gasteiger charge is -2.33. The summed E-state index contributed by atoms with van der Waals surface area (Å²) in [5.41, 5.74) is 1.36. The van der Waals surface area contributed by atoms with Crippen LogP contribution in [0, 0.1) is 0 Å². The number of benzene rings is 1. The highest BCUT2D eigenvalue weighted by Gasteiger charge is 2.40. The summed E-state index contributed by atoms with van der Waals surface area (Å²) in [6, 6.07) is 11.0. The molecule has 0 unspecified atom stereocenters. The van der Waals surface area contributed by atoms with Crippen molar-refractivity contribution in [3.63, 3.8) is 0 Å². The third-order valence-corrected chi connectivity index (χ3v) is 5.55. The van der Waals surface area contributed by atoms with Crippen LogP contribution in [0.4, 0.5) is 0 Å². The second kappa shape index (κ2) is 7.48. The van der Waals surface area contributed by atoms with E-state index in [1.807, 2.05) is 0 Å². The highest BCUT2D eigenvalue weighted by Crippen LogP contribution is 2.35. The van der Waals surface area contributed by atoms with Crippen LogP contribution < -0.4 is 0 Å². The zero-order valence-electron chi connectivity index (χ0n) is 14.4. The monoisotopic (exact) mass is 315 g/mol. The lowest BCUT2D eigenvalue weighted by Crippen LogP contribution is -2.44. The Balaban J connectivity index is 1.73. The van der Waals surface area contributed by atoms with Crippen molar-refractivity contribution in [2.75, 3.05) is 6.54 Å². The minimum atomic E-state index is -0.200. The Labute approximate surface area is 140 Å². The lowest BCUT2D eigenvalue weighted by molar-refractivity contribution is -0.144. The first-order valence-corrected chi connectivity index (χ1v) is 9.25. The predicted octanol–water partition coefficient (Wildman–Crippen LogP) is 4.13. The van der Waals surface area contributed by atoms with Crippen molar-refractivity contribution in [2.45, 2.75) is 76.5 Å². The molecule has 126 valence electrons. The molecule has 2 fully saturated rings. The fourth-order valence-electron chi connectivity index (χ4n) is 4.29. The van der Waals surface area contributed by atoms with Gasteiger partial charge in [-0.25, -0.2) is 0 Å². The van der Waals surface area contributed by atoms with Crippen molar-refractivity contribution >= 4 is 5.91 Å². The molecule has 2 aliphatic rings. The van der Waals surface area contributed by atoms with E-state index in [0.717, 1.165) is 45.1 Å². The summed E-state index contributed by atoms with van der Waals surface area (Å²) in [4.78, 5) is 15.1. The van der Waals surface area contributed by atoms with Gasteiger partial charge in [-0.05, 0) is 44.1 Å². The Kier molecular flexibility index (Phi) is 5.37. The molecule has 0 saturated carbocycles. The normalized spacial score (nSPS) is 29.0. The maximum atomic E-state index is 13.0. The van der Waals surface area contributed by atoms with Gasteiger partial charge in [-0.2, -0.15) is 0 Å². The van der Waals surface area contributed by atoms with Gasteiger partial charge in [-0.1, -0.05) is 44.2 Å². The van der Waals surface area contributed by atoms with Crippen LogP contribution in [-0.2, 0) is 9.53 Å². The number of rotatable bonds is 5. The summed E-state index contributed by atoms with van der Waals surface area (Å²) in [6.45, 7) is 5.26. The molecule has 1 aromatic carbocycles. The van der Waals surface area contributed by atoms with Crippen LogP contribution in [0.3, 0.4) is 0 Å². The maximum absolute atomic E-state index is 13.0. The van der Waals surface area contributed by atoms with Crippen molar-refractivity contribution in [2.24, 2.45) is 0 Å². The predicted molar refractivity (Wildman–Crippen MR) is 92.4 cm³/mol. The first-order valence-electron chi connectivity index (χ1n) is 9.25. The Bertz CT molecular complexity index is 516. The quantitative estimate of drug-likeness (QED) is 0.817. The molecule has 1 aromatic rings. The van der Waals surface area contributed by atoms with Gasteiger partial charge in [0.15, 0.2) is 0 Å². The van der Waals surface area contributed by atoms with Crippen molar-refractivity contribution in [3.8, 4) is 0 Å². The summed E-state index contributed by atoms with van der Waals surface area (Å²) in [7, 11) is 0. The van der Waals surface area contributed by atoms with Crippen molar-refractivity contribution < 1.29 is 9.53 Å². The van der Waals surface area contributed by atoms with E-state index in [2.05, 4.69) is 49.1 Å². The van der Waals surface area contributed by atoms with Gasteiger partial charge in [0.1, 0.15) is 6.10 Å². The molecule has 0 radical (unpaired) electrons. The Hall–Kier alpha value is -1.35. The maximum Gasteiger partial charge on any atom is 0.251 e. The highest BCUT2D eigenvalue weighted by molar-refractivity contribution is 5.82. The summed E-state index contributed by atoms with van der Waals surface area (Å²) in [5.74, 6) is 0.670. The van der Waals surface area contributed by atoms with E-state index in [-0.39, 0.29) is 18.1 Å². The van der Waals surface area contributed by atoms with Gasteiger partial charge in [-0.3, -0.25) is 4.79 Å². The molecule has 2 saturated heterocycles. The van der Waals surface area contributed by atoms with Crippen LogP contribution >= 0.6 is 0 Å². The van der Waals surface area contributed by atoms with E-state index in [9.17, 15) is 4.79 Å². The van der Waals surface area contributed by atoms with E-state index in [0.29, 0.717) is 12.0 Å². The molecule has 0 N–H and O–H groups in total. The molecule has 1 amide bonds. The molecule has 23 heavy (non-hydrogen) atoms. The van der Waals surface area contributed by atoms with Crippen LogP contribution in [-0.4, -0.2) is 35.6 Å². The number of carbonyl (C=O) groups excluding carboxylic acids is 1. The van der Waals surface area contributed by atoms with Crippen molar-refractivity contribution in [1.82, 2.24) is 4.90 Å². The molecule has 3 heteroatoms. The van der Waals surface area contributed by atoms with E-state index in [1.54, 1.807) is 0 Å². The molecule has 4 atom stereocenters. The summed E-state index contributed by atoms with van der Waals surface area (Å²) < 4.78 is 5.96. The van der Waals surface area contributed by atoms with Crippen molar-refractivity contribution in [1.29, 1.82) is 0 Å². The fourth-order valence-corrected chi connectivity index (χ4v) is 4.29. The fraction of sp³-hybridized carbons (Fsp3) is 0.650. The smallest absolute Gasteiger partial charge is 0.251 e.